The van der Waals surface area contributed by atoms with Crippen molar-refractivity contribution < 1.29 is 38.5 Å². The number of hydrogen-bond acceptors (Lipinski definition) is 8. The number of carboxylic acid groups (broad SMARTS) is 1. The zero-order chi connectivity index (χ0) is 27.8. The molecule has 0 unspecified atom stereocenters. The van der Waals surface area contributed by atoms with E-state index in [1.807, 2.05) is 25.7 Å². The van der Waals surface area contributed by atoms with Gasteiger partial charge in [-0.05, 0) is 43.9 Å². The molecule has 0 radical (unpaired) electrons. The molecule has 2 heterocycles. The number of fused-ring (bicyclic) bond motifs is 1. The van der Waals surface area contributed by atoms with E-state index in [9.17, 15) is 19.5 Å². The molecule has 0 spiro atoms. The summed E-state index contributed by atoms with van der Waals surface area (Å²) in [6.45, 7) is 9.56. The molecule has 1 aromatic carbocycles. The molecule has 0 bridgehead atoms. The van der Waals surface area contributed by atoms with Crippen molar-refractivity contribution in [1.82, 2.24) is 14.9 Å². The predicted octanol–water partition coefficient (Wildman–Crippen LogP) is 2.73. The summed E-state index contributed by atoms with van der Waals surface area (Å²) in [7, 11) is 1.53. The topological polar surface area (TPSA) is 118 Å². The Morgan fingerprint density at radius 1 is 1.13 bits per heavy atom. The van der Waals surface area contributed by atoms with Gasteiger partial charge in [-0.1, -0.05) is 13.8 Å². The van der Waals surface area contributed by atoms with E-state index in [0.717, 1.165) is 18.4 Å². The molecule has 212 valence electrons. The summed E-state index contributed by atoms with van der Waals surface area (Å²) in [6.07, 6.45) is 1.92. The van der Waals surface area contributed by atoms with E-state index >= 15 is 0 Å². The molecule has 11 nitrogen and oxygen atoms in total. The number of carboxylic acids is 1. The van der Waals surface area contributed by atoms with Crippen molar-refractivity contribution >= 4 is 17.8 Å². The number of hydroxylamine groups is 2. The van der Waals surface area contributed by atoms with Gasteiger partial charge in [0, 0.05) is 45.1 Å². The lowest BCUT2D eigenvalue weighted by atomic mass is 9.84. The van der Waals surface area contributed by atoms with E-state index < -0.39 is 23.8 Å². The molecule has 2 amide bonds. The predicted molar refractivity (Wildman–Crippen MR) is 139 cm³/mol. The zero-order valence-electron chi connectivity index (χ0n) is 23.1. The third-order valence-corrected chi connectivity index (χ3v) is 7.16. The monoisotopic (exact) mass is 535 g/mol. The van der Waals surface area contributed by atoms with Gasteiger partial charge in [0.2, 0.25) is 18.4 Å². The van der Waals surface area contributed by atoms with Gasteiger partial charge in [0.15, 0.2) is 11.5 Å². The van der Waals surface area contributed by atoms with Crippen molar-refractivity contribution in [2.75, 3.05) is 53.2 Å². The SMILES string of the molecule is CCCON(CCC)C(=O)CN1C[C@H](c2cc(OC)c3c(c2)OCO3)[C@@H](C(=O)O)[C@@H]1CCN(CC)C(C)=O. The summed E-state index contributed by atoms with van der Waals surface area (Å²) in [5, 5.41) is 11.8. The highest BCUT2D eigenvalue weighted by Crippen LogP contribution is 2.47. The average molecular weight is 536 g/mol. The molecule has 0 aliphatic carbocycles. The van der Waals surface area contributed by atoms with Gasteiger partial charge in [-0.3, -0.25) is 24.1 Å². The van der Waals surface area contributed by atoms with Crippen LogP contribution >= 0.6 is 0 Å². The molecule has 11 heteroatoms. The number of rotatable bonds is 14. The smallest absolute Gasteiger partial charge is 0.308 e. The van der Waals surface area contributed by atoms with Crippen LogP contribution < -0.4 is 14.2 Å². The summed E-state index contributed by atoms with van der Waals surface area (Å²) < 4.78 is 16.6. The van der Waals surface area contributed by atoms with Crippen molar-refractivity contribution in [3.05, 3.63) is 17.7 Å². The van der Waals surface area contributed by atoms with Crippen LogP contribution in [-0.4, -0.2) is 97.0 Å². The van der Waals surface area contributed by atoms with Crippen molar-refractivity contribution in [3.63, 3.8) is 0 Å². The number of amides is 2. The molecule has 3 atom stereocenters. The third kappa shape index (κ3) is 6.68. The Morgan fingerprint density at radius 2 is 1.89 bits per heavy atom. The van der Waals surface area contributed by atoms with Gasteiger partial charge in [0.05, 0.1) is 26.2 Å². The summed E-state index contributed by atoms with van der Waals surface area (Å²) in [5.74, 6) is -1.01. The first-order valence-corrected chi connectivity index (χ1v) is 13.4. The maximum absolute atomic E-state index is 13.3. The minimum Gasteiger partial charge on any atom is -0.493 e. The minimum absolute atomic E-state index is 0.0164. The lowest BCUT2D eigenvalue weighted by molar-refractivity contribution is -0.188. The van der Waals surface area contributed by atoms with Crippen molar-refractivity contribution in [3.8, 4) is 17.2 Å². The van der Waals surface area contributed by atoms with E-state index in [1.165, 1.54) is 19.1 Å². The number of hydrogen-bond donors (Lipinski definition) is 1. The second kappa shape index (κ2) is 13.7. The number of aliphatic carboxylic acids is 1. The Balaban J connectivity index is 1.94. The highest BCUT2D eigenvalue weighted by molar-refractivity contribution is 5.78. The fraction of sp³-hybridized carbons (Fsp3) is 0.667. The van der Waals surface area contributed by atoms with E-state index in [1.54, 1.807) is 17.0 Å². The molecule has 38 heavy (non-hydrogen) atoms. The van der Waals surface area contributed by atoms with Crippen LogP contribution in [0, 0.1) is 5.92 Å². The number of carbonyl (C=O) groups excluding carboxylic acids is 2. The Kier molecular flexibility index (Phi) is 10.6. The Labute approximate surface area is 224 Å². The van der Waals surface area contributed by atoms with Gasteiger partial charge in [0.25, 0.3) is 5.91 Å². The van der Waals surface area contributed by atoms with Crippen molar-refractivity contribution in [2.45, 2.75) is 58.9 Å². The van der Waals surface area contributed by atoms with Gasteiger partial charge in [-0.2, -0.15) is 0 Å². The summed E-state index contributed by atoms with van der Waals surface area (Å²) in [5.41, 5.74) is 0.741. The number of likely N-dealkylation sites (tertiary alicyclic amines) is 1. The van der Waals surface area contributed by atoms with E-state index in [-0.39, 0.29) is 25.2 Å². The number of methoxy groups -OCH3 is 1. The van der Waals surface area contributed by atoms with Crippen molar-refractivity contribution in [1.29, 1.82) is 0 Å². The molecule has 3 rings (SSSR count). The molecular weight excluding hydrogens is 494 g/mol. The minimum atomic E-state index is -0.954. The highest BCUT2D eigenvalue weighted by atomic mass is 16.7. The molecule has 1 N–H and O–H groups in total. The normalized spacial score (nSPS) is 20.4. The van der Waals surface area contributed by atoms with Gasteiger partial charge in [-0.15, -0.1) is 0 Å². The van der Waals surface area contributed by atoms with Gasteiger partial charge < -0.3 is 24.2 Å². The first-order chi connectivity index (χ1) is 18.2. The third-order valence-electron chi connectivity index (χ3n) is 7.16. The summed E-state index contributed by atoms with van der Waals surface area (Å²) in [6, 6.07) is 3.12. The number of benzene rings is 1. The van der Waals surface area contributed by atoms with Crippen LogP contribution in [-0.2, 0) is 19.2 Å². The van der Waals surface area contributed by atoms with E-state index in [2.05, 4.69) is 0 Å². The molecule has 2 aliphatic rings. The molecule has 1 fully saturated rings. The fourth-order valence-corrected chi connectivity index (χ4v) is 5.30. The zero-order valence-corrected chi connectivity index (χ0v) is 23.1. The second-order valence-electron chi connectivity index (χ2n) is 9.64. The van der Waals surface area contributed by atoms with Gasteiger partial charge in [-0.25, -0.2) is 5.06 Å². The molecule has 1 saturated heterocycles. The van der Waals surface area contributed by atoms with E-state index in [0.29, 0.717) is 56.5 Å². The maximum atomic E-state index is 13.3. The number of carbonyl (C=O) groups is 3. The standard InChI is InChI=1S/C27H41N3O8/c1-6-10-30(38-12-7-2)24(32)16-29-15-20(19-13-22(35-5)26-23(14-19)36-17-37-26)25(27(33)34)21(29)9-11-28(8-3)18(4)31/h13-14,20-21,25H,6-12,15-17H2,1-5H3,(H,33,34)/t20-,21+,25-/m1/s1. The lowest BCUT2D eigenvalue weighted by Gasteiger charge is -2.30. The maximum Gasteiger partial charge on any atom is 0.308 e. The quantitative estimate of drug-likeness (QED) is 0.359. The molecule has 0 saturated carbocycles. The van der Waals surface area contributed by atoms with Gasteiger partial charge in [0.1, 0.15) is 0 Å². The van der Waals surface area contributed by atoms with Crippen LogP contribution in [0.25, 0.3) is 0 Å². The van der Waals surface area contributed by atoms with Crippen LogP contribution in [0.2, 0.25) is 0 Å². The second-order valence-corrected chi connectivity index (χ2v) is 9.64. The lowest BCUT2D eigenvalue weighted by Crippen LogP contribution is -2.45. The number of ether oxygens (including phenoxy) is 3. The van der Waals surface area contributed by atoms with Crippen LogP contribution in [0.3, 0.4) is 0 Å². The molecule has 0 aromatic heterocycles. The first kappa shape index (κ1) is 29.5. The molecular formula is C27H41N3O8. The fourth-order valence-electron chi connectivity index (χ4n) is 5.30. The Morgan fingerprint density at radius 3 is 2.50 bits per heavy atom. The van der Waals surface area contributed by atoms with Crippen LogP contribution in [0.5, 0.6) is 17.2 Å². The Hall–Kier alpha value is -3.05. The Bertz CT molecular complexity index is 987. The summed E-state index contributed by atoms with van der Waals surface area (Å²) in [4.78, 5) is 47.4. The average Bonchev–Trinajstić information content (AvgIpc) is 3.51. The summed E-state index contributed by atoms with van der Waals surface area (Å²) >= 11 is 0. The van der Waals surface area contributed by atoms with Crippen LogP contribution in [0.4, 0.5) is 0 Å². The van der Waals surface area contributed by atoms with Crippen LogP contribution in [0.15, 0.2) is 12.1 Å². The molecule has 2 aliphatic heterocycles. The largest absolute Gasteiger partial charge is 0.493 e. The van der Waals surface area contributed by atoms with Crippen molar-refractivity contribution in [2.24, 2.45) is 5.92 Å². The van der Waals surface area contributed by atoms with Gasteiger partial charge >= 0.3 is 5.97 Å². The van der Waals surface area contributed by atoms with Crippen LogP contribution in [0.1, 0.15) is 58.4 Å². The first-order valence-electron chi connectivity index (χ1n) is 13.4. The van der Waals surface area contributed by atoms with E-state index in [4.69, 9.17) is 19.0 Å². The number of nitrogens with zero attached hydrogens (tertiary/aromatic N) is 3. The molecule has 1 aromatic rings. The highest BCUT2D eigenvalue weighted by Gasteiger charge is 2.47.